The van der Waals surface area contributed by atoms with Crippen LogP contribution in [0.25, 0.3) is 0 Å². The van der Waals surface area contributed by atoms with Gasteiger partial charge < -0.3 is 10.5 Å². The van der Waals surface area contributed by atoms with E-state index in [1.165, 1.54) is 0 Å². The molecule has 4 heteroatoms. The van der Waals surface area contributed by atoms with E-state index >= 15 is 0 Å². The van der Waals surface area contributed by atoms with Crippen molar-refractivity contribution in [2.45, 2.75) is 58.3 Å². The maximum atomic E-state index is 6.14. The van der Waals surface area contributed by atoms with Crippen LogP contribution in [0.4, 0.5) is 0 Å². The Morgan fingerprint density at radius 3 is 2.59 bits per heavy atom. The summed E-state index contributed by atoms with van der Waals surface area (Å²) in [5.74, 6) is 0. The molecule has 1 aromatic heterocycles. The van der Waals surface area contributed by atoms with E-state index in [1.54, 1.807) is 11.3 Å². The molecule has 3 atom stereocenters. The molecule has 0 aliphatic carbocycles. The lowest BCUT2D eigenvalue weighted by atomic mass is 10.1. The molecule has 3 unspecified atom stereocenters. The van der Waals surface area contributed by atoms with Gasteiger partial charge in [0.15, 0.2) is 0 Å². The average molecular weight is 276 g/mol. The molecular formula is C13H22ClNOS. The summed E-state index contributed by atoms with van der Waals surface area (Å²) in [5.41, 5.74) is 6.14. The third-order valence-corrected chi connectivity index (χ3v) is 4.10. The van der Waals surface area contributed by atoms with Crippen LogP contribution in [0.15, 0.2) is 12.1 Å². The van der Waals surface area contributed by atoms with Crippen molar-refractivity contribution in [1.29, 1.82) is 0 Å². The summed E-state index contributed by atoms with van der Waals surface area (Å²) in [7, 11) is 0. The highest BCUT2D eigenvalue weighted by Crippen LogP contribution is 2.32. The number of halogens is 1. The predicted octanol–water partition coefficient (Wildman–Crippen LogP) is 4.39. The molecule has 0 aliphatic rings. The normalized spacial score (nSPS) is 16.8. The SMILES string of the molecule is CCCC(C)OC(c1ccc(Cl)s1)C(N)CC. The molecule has 1 aromatic rings. The minimum Gasteiger partial charge on any atom is -0.368 e. The van der Waals surface area contributed by atoms with Crippen LogP contribution in [-0.4, -0.2) is 12.1 Å². The molecule has 0 bridgehead atoms. The van der Waals surface area contributed by atoms with E-state index in [2.05, 4.69) is 20.8 Å². The summed E-state index contributed by atoms with van der Waals surface area (Å²) in [4.78, 5) is 1.13. The Bertz CT molecular complexity index is 329. The smallest absolute Gasteiger partial charge is 0.107 e. The molecule has 0 amide bonds. The largest absolute Gasteiger partial charge is 0.368 e. The van der Waals surface area contributed by atoms with Crippen molar-refractivity contribution in [3.05, 3.63) is 21.3 Å². The minimum absolute atomic E-state index is 0.0287. The number of rotatable bonds is 7. The number of ether oxygens (including phenoxy) is 1. The lowest BCUT2D eigenvalue weighted by Crippen LogP contribution is -2.31. The molecule has 0 spiro atoms. The van der Waals surface area contributed by atoms with Crippen LogP contribution in [0.2, 0.25) is 4.34 Å². The summed E-state index contributed by atoms with van der Waals surface area (Å²) >= 11 is 7.53. The lowest BCUT2D eigenvalue weighted by Gasteiger charge is -2.26. The fourth-order valence-corrected chi connectivity index (χ4v) is 2.97. The highest BCUT2D eigenvalue weighted by molar-refractivity contribution is 7.16. The molecule has 2 N–H and O–H groups in total. The van der Waals surface area contributed by atoms with Crippen molar-refractivity contribution in [3.63, 3.8) is 0 Å². The number of nitrogens with two attached hydrogens (primary N) is 1. The second-order valence-electron chi connectivity index (χ2n) is 4.37. The van der Waals surface area contributed by atoms with Crippen molar-refractivity contribution in [2.75, 3.05) is 0 Å². The van der Waals surface area contributed by atoms with Crippen LogP contribution >= 0.6 is 22.9 Å². The van der Waals surface area contributed by atoms with Gasteiger partial charge in [-0.1, -0.05) is 31.9 Å². The maximum absolute atomic E-state index is 6.14. The van der Waals surface area contributed by atoms with Crippen LogP contribution in [0.1, 0.15) is 51.0 Å². The molecule has 0 saturated carbocycles. The lowest BCUT2D eigenvalue weighted by molar-refractivity contribution is -0.0202. The van der Waals surface area contributed by atoms with E-state index in [0.717, 1.165) is 28.5 Å². The van der Waals surface area contributed by atoms with Gasteiger partial charge in [0, 0.05) is 10.9 Å². The van der Waals surface area contributed by atoms with Gasteiger partial charge in [-0.3, -0.25) is 0 Å². The zero-order chi connectivity index (χ0) is 12.8. The third kappa shape index (κ3) is 4.59. The molecule has 0 fully saturated rings. The number of thiophene rings is 1. The quantitative estimate of drug-likeness (QED) is 0.801. The van der Waals surface area contributed by atoms with Crippen LogP contribution in [0.5, 0.6) is 0 Å². The average Bonchev–Trinajstić information content (AvgIpc) is 2.72. The van der Waals surface area contributed by atoms with Gasteiger partial charge in [-0.05, 0) is 31.9 Å². The van der Waals surface area contributed by atoms with Crippen molar-refractivity contribution in [3.8, 4) is 0 Å². The fourth-order valence-electron chi connectivity index (χ4n) is 1.80. The van der Waals surface area contributed by atoms with Crippen molar-refractivity contribution in [1.82, 2.24) is 0 Å². The summed E-state index contributed by atoms with van der Waals surface area (Å²) in [6.45, 7) is 6.35. The van der Waals surface area contributed by atoms with E-state index in [0.29, 0.717) is 0 Å². The van der Waals surface area contributed by atoms with Gasteiger partial charge >= 0.3 is 0 Å². The Hall–Kier alpha value is -0.0900. The Labute approximate surface area is 113 Å². The molecule has 1 rings (SSSR count). The van der Waals surface area contributed by atoms with E-state index in [9.17, 15) is 0 Å². The first-order chi connectivity index (χ1) is 8.08. The topological polar surface area (TPSA) is 35.2 Å². The van der Waals surface area contributed by atoms with E-state index < -0.39 is 0 Å². The van der Waals surface area contributed by atoms with Crippen molar-refractivity contribution in [2.24, 2.45) is 5.73 Å². The summed E-state index contributed by atoms with van der Waals surface area (Å²) < 4.78 is 6.86. The van der Waals surface area contributed by atoms with Crippen LogP contribution in [-0.2, 0) is 4.74 Å². The Morgan fingerprint density at radius 2 is 2.12 bits per heavy atom. The Kier molecular flexibility index (Phi) is 6.49. The first kappa shape index (κ1) is 15.0. The van der Waals surface area contributed by atoms with Crippen LogP contribution < -0.4 is 5.73 Å². The molecule has 0 aromatic carbocycles. The van der Waals surface area contributed by atoms with E-state index in [4.69, 9.17) is 22.1 Å². The summed E-state index contributed by atoms with van der Waals surface area (Å²) in [5, 5.41) is 0. The Balaban J connectivity index is 2.74. The fraction of sp³-hybridized carbons (Fsp3) is 0.692. The standard InChI is InChI=1S/C13H22ClNOS/c1-4-6-9(3)16-13(10(15)5-2)11-7-8-12(14)17-11/h7-10,13H,4-6,15H2,1-3H3. The maximum Gasteiger partial charge on any atom is 0.107 e. The molecular weight excluding hydrogens is 254 g/mol. The van der Waals surface area contributed by atoms with Gasteiger partial charge in [0.1, 0.15) is 6.10 Å². The van der Waals surface area contributed by atoms with Gasteiger partial charge in [0.05, 0.1) is 10.4 Å². The second-order valence-corrected chi connectivity index (χ2v) is 6.12. The molecule has 2 nitrogen and oxygen atoms in total. The first-order valence-electron chi connectivity index (χ1n) is 6.24. The van der Waals surface area contributed by atoms with Gasteiger partial charge in [0.2, 0.25) is 0 Å². The number of hydrogen-bond donors (Lipinski definition) is 1. The second kappa shape index (κ2) is 7.37. The monoisotopic (exact) mass is 275 g/mol. The molecule has 0 radical (unpaired) electrons. The molecule has 98 valence electrons. The highest BCUT2D eigenvalue weighted by atomic mass is 35.5. The third-order valence-electron chi connectivity index (χ3n) is 2.81. The summed E-state index contributed by atoms with van der Waals surface area (Å²) in [6.07, 6.45) is 3.30. The van der Waals surface area contributed by atoms with Crippen molar-refractivity contribution >= 4 is 22.9 Å². The summed E-state index contributed by atoms with van der Waals surface area (Å²) in [6, 6.07) is 3.96. The number of hydrogen-bond acceptors (Lipinski definition) is 3. The minimum atomic E-state index is -0.0287. The zero-order valence-corrected chi connectivity index (χ0v) is 12.4. The van der Waals surface area contributed by atoms with Gasteiger partial charge in [-0.15, -0.1) is 11.3 Å². The van der Waals surface area contributed by atoms with Gasteiger partial charge in [-0.2, -0.15) is 0 Å². The zero-order valence-electron chi connectivity index (χ0n) is 10.8. The molecule has 1 heterocycles. The van der Waals surface area contributed by atoms with Crippen LogP contribution in [0.3, 0.4) is 0 Å². The highest BCUT2D eigenvalue weighted by Gasteiger charge is 2.23. The molecule has 17 heavy (non-hydrogen) atoms. The van der Waals surface area contributed by atoms with E-state index in [-0.39, 0.29) is 18.2 Å². The van der Waals surface area contributed by atoms with Gasteiger partial charge in [-0.25, -0.2) is 0 Å². The van der Waals surface area contributed by atoms with Crippen molar-refractivity contribution < 1.29 is 4.74 Å². The predicted molar refractivity (Wildman–Crippen MR) is 75.8 cm³/mol. The van der Waals surface area contributed by atoms with E-state index in [1.807, 2.05) is 12.1 Å². The first-order valence-corrected chi connectivity index (χ1v) is 7.44. The van der Waals surface area contributed by atoms with Gasteiger partial charge in [0.25, 0.3) is 0 Å². The Morgan fingerprint density at radius 1 is 1.41 bits per heavy atom. The molecule has 0 aliphatic heterocycles. The van der Waals surface area contributed by atoms with Crippen LogP contribution in [0, 0.1) is 0 Å². The molecule has 0 saturated heterocycles.